The van der Waals surface area contributed by atoms with Gasteiger partial charge in [-0.15, -0.1) is 0 Å². The molecule has 4 rings (SSSR count). The highest BCUT2D eigenvalue weighted by Crippen LogP contribution is 2.29. The molecule has 0 aliphatic carbocycles. The van der Waals surface area contributed by atoms with Gasteiger partial charge < -0.3 is 19.7 Å². The molecule has 1 heterocycles. The maximum atomic E-state index is 13.3. The van der Waals surface area contributed by atoms with Gasteiger partial charge in [0, 0.05) is 35.1 Å². The van der Waals surface area contributed by atoms with E-state index >= 15 is 0 Å². The summed E-state index contributed by atoms with van der Waals surface area (Å²) in [5.41, 5.74) is 2.85. The van der Waals surface area contributed by atoms with Crippen molar-refractivity contribution in [3.05, 3.63) is 83.1 Å². The lowest BCUT2D eigenvalue weighted by atomic mass is 10.1. The number of benzene rings is 3. The highest BCUT2D eigenvalue weighted by molar-refractivity contribution is 6.31. The zero-order valence-corrected chi connectivity index (χ0v) is 16.8. The van der Waals surface area contributed by atoms with Crippen LogP contribution in [0.2, 0.25) is 5.02 Å². The summed E-state index contributed by atoms with van der Waals surface area (Å²) in [7, 11) is 0. The molecule has 2 N–H and O–H groups in total. The number of rotatable bonds is 8. The Balaban J connectivity index is 1.29. The van der Waals surface area contributed by atoms with Gasteiger partial charge in [0.15, 0.2) is 5.58 Å². The quantitative estimate of drug-likeness (QED) is 0.423. The van der Waals surface area contributed by atoms with Crippen LogP contribution in [0.15, 0.2) is 71.3 Å². The molecule has 0 spiro atoms. The van der Waals surface area contributed by atoms with Crippen molar-refractivity contribution in [1.29, 1.82) is 0 Å². The Hall–Kier alpha value is -2.93. The van der Waals surface area contributed by atoms with E-state index in [1.165, 1.54) is 12.1 Å². The Bertz CT molecular complexity index is 1130. The van der Waals surface area contributed by atoms with E-state index in [0.29, 0.717) is 35.1 Å². The third kappa shape index (κ3) is 4.79. The van der Waals surface area contributed by atoms with Gasteiger partial charge in [-0.3, -0.25) is 0 Å². The van der Waals surface area contributed by atoms with Gasteiger partial charge in [0.05, 0.1) is 0 Å². The van der Waals surface area contributed by atoms with Crippen LogP contribution in [0.25, 0.3) is 22.2 Å². The van der Waals surface area contributed by atoms with Gasteiger partial charge in [0.1, 0.15) is 30.0 Å². The Morgan fingerprint density at radius 1 is 1.10 bits per heavy atom. The standard InChI is InChI=1S/C23H20ClFN2O3/c24-21-4-2-1-3-16(21)12-26-13-18(28)14-29-19-8-5-15(6-9-19)23-20-10-7-17(25)11-22(20)30-27-23/h1-11,18,26,28H,12-14H2. The molecule has 1 aromatic heterocycles. The molecular formula is C23H20ClFN2O3. The zero-order valence-electron chi connectivity index (χ0n) is 16.0. The Morgan fingerprint density at radius 2 is 1.90 bits per heavy atom. The monoisotopic (exact) mass is 426 g/mol. The molecule has 154 valence electrons. The minimum absolute atomic E-state index is 0.154. The van der Waals surface area contributed by atoms with E-state index in [4.69, 9.17) is 20.9 Å². The van der Waals surface area contributed by atoms with E-state index in [9.17, 15) is 9.50 Å². The maximum absolute atomic E-state index is 13.3. The number of hydrogen-bond donors (Lipinski definition) is 2. The van der Waals surface area contributed by atoms with E-state index < -0.39 is 6.10 Å². The fourth-order valence-electron chi connectivity index (χ4n) is 3.10. The van der Waals surface area contributed by atoms with Crippen molar-refractivity contribution in [3.8, 4) is 17.0 Å². The molecular weight excluding hydrogens is 407 g/mol. The smallest absolute Gasteiger partial charge is 0.170 e. The minimum Gasteiger partial charge on any atom is -0.491 e. The predicted molar refractivity (Wildman–Crippen MR) is 114 cm³/mol. The average molecular weight is 427 g/mol. The summed E-state index contributed by atoms with van der Waals surface area (Å²) >= 11 is 6.12. The van der Waals surface area contributed by atoms with Gasteiger partial charge in [0.2, 0.25) is 0 Å². The molecule has 5 nitrogen and oxygen atoms in total. The predicted octanol–water partition coefficient (Wildman–Crippen LogP) is 4.82. The van der Waals surface area contributed by atoms with Crippen molar-refractivity contribution in [3.63, 3.8) is 0 Å². The summed E-state index contributed by atoms with van der Waals surface area (Å²) in [5.74, 6) is 0.261. The lowest BCUT2D eigenvalue weighted by Gasteiger charge is -2.14. The number of nitrogens with zero attached hydrogens (tertiary/aromatic N) is 1. The lowest BCUT2D eigenvalue weighted by Crippen LogP contribution is -2.31. The lowest BCUT2D eigenvalue weighted by molar-refractivity contribution is 0.106. The van der Waals surface area contributed by atoms with Crippen LogP contribution in [-0.2, 0) is 6.54 Å². The number of halogens is 2. The zero-order chi connectivity index (χ0) is 20.9. The first kappa shape index (κ1) is 20.3. The van der Waals surface area contributed by atoms with Crippen molar-refractivity contribution >= 4 is 22.6 Å². The molecule has 0 saturated carbocycles. The summed E-state index contributed by atoms with van der Waals surface area (Å²) in [4.78, 5) is 0. The van der Waals surface area contributed by atoms with E-state index in [0.717, 1.165) is 16.5 Å². The van der Waals surface area contributed by atoms with Gasteiger partial charge in [-0.05, 0) is 48.0 Å². The van der Waals surface area contributed by atoms with Gasteiger partial charge in [-0.2, -0.15) is 0 Å². The van der Waals surface area contributed by atoms with Crippen LogP contribution in [0.3, 0.4) is 0 Å². The number of aliphatic hydroxyl groups excluding tert-OH is 1. The van der Waals surface area contributed by atoms with Crippen LogP contribution in [0.5, 0.6) is 5.75 Å². The van der Waals surface area contributed by atoms with Crippen LogP contribution in [-0.4, -0.2) is 29.5 Å². The molecule has 4 aromatic rings. The maximum Gasteiger partial charge on any atom is 0.170 e. The first-order chi connectivity index (χ1) is 14.6. The average Bonchev–Trinajstić information content (AvgIpc) is 3.17. The van der Waals surface area contributed by atoms with Gasteiger partial charge in [-0.25, -0.2) is 4.39 Å². The SMILES string of the molecule is OC(CNCc1ccccc1Cl)COc1ccc(-c2noc3cc(F)ccc23)cc1. The number of nitrogens with one attached hydrogen (secondary N) is 1. The normalized spacial score (nSPS) is 12.2. The molecule has 7 heteroatoms. The van der Waals surface area contributed by atoms with Crippen molar-refractivity contribution in [2.75, 3.05) is 13.2 Å². The number of aliphatic hydroxyl groups is 1. The van der Waals surface area contributed by atoms with E-state index in [1.54, 1.807) is 18.2 Å². The minimum atomic E-state index is -0.665. The fourth-order valence-corrected chi connectivity index (χ4v) is 3.30. The first-order valence-electron chi connectivity index (χ1n) is 9.50. The van der Waals surface area contributed by atoms with Crippen molar-refractivity contribution in [2.45, 2.75) is 12.6 Å². The molecule has 0 radical (unpaired) electrons. The third-order valence-corrected chi connectivity index (χ3v) is 5.03. The topological polar surface area (TPSA) is 67.5 Å². The molecule has 1 atom stereocenters. The first-order valence-corrected chi connectivity index (χ1v) is 9.88. The van der Waals surface area contributed by atoms with Crippen LogP contribution in [0.4, 0.5) is 4.39 Å². The van der Waals surface area contributed by atoms with Crippen LogP contribution in [0.1, 0.15) is 5.56 Å². The van der Waals surface area contributed by atoms with Crippen molar-refractivity contribution < 1.29 is 18.8 Å². The number of aromatic nitrogens is 1. The molecule has 0 aliphatic heterocycles. The summed E-state index contributed by atoms with van der Waals surface area (Å²) in [6.07, 6.45) is -0.665. The Kier molecular flexibility index (Phi) is 6.28. The second kappa shape index (κ2) is 9.26. The second-order valence-electron chi connectivity index (χ2n) is 6.88. The Morgan fingerprint density at radius 3 is 2.70 bits per heavy atom. The van der Waals surface area contributed by atoms with E-state index in [2.05, 4.69) is 10.5 Å². The highest BCUT2D eigenvalue weighted by atomic mass is 35.5. The molecule has 30 heavy (non-hydrogen) atoms. The van der Waals surface area contributed by atoms with Crippen molar-refractivity contribution in [2.24, 2.45) is 0 Å². The fraction of sp³-hybridized carbons (Fsp3) is 0.174. The summed E-state index contributed by atoms with van der Waals surface area (Å²) < 4.78 is 24.2. The second-order valence-corrected chi connectivity index (χ2v) is 7.29. The van der Waals surface area contributed by atoms with E-state index in [-0.39, 0.29) is 12.4 Å². The molecule has 0 bridgehead atoms. The largest absolute Gasteiger partial charge is 0.491 e. The third-order valence-electron chi connectivity index (χ3n) is 4.66. The highest BCUT2D eigenvalue weighted by Gasteiger charge is 2.12. The van der Waals surface area contributed by atoms with Gasteiger partial charge in [0.25, 0.3) is 0 Å². The molecule has 0 amide bonds. The van der Waals surface area contributed by atoms with Crippen LogP contribution < -0.4 is 10.1 Å². The Labute approximate surface area is 178 Å². The molecule has 1 unspecified atom stereocenters. The summed E-state index contributed by atoms with van der Waals surface area (Å²) in [5, 5.41) is 18.8. The number of ether oxygens (including phenoxy) is 1. The van der Waals surface area contributed by atoms with Crippen LogP contribution >= 0.6 is 11.6 Å². The number of fused-ring (bicyclic) bond motifs is 1. The summed E-state index contributed by atoms with van der Waals surface area (Å²) in [6.45, 7) is 1.10. The van der Waals surface area contributed by atoms with Gasteiger partial charge in [-0.1, -0.05) is 35.0 Å². The summed E-state index contributed by atoms with van der Waals surface area (Å²) in [6, 6.07) is 19.2. The van der Waals surface area contributed by atoms with Gasteiger partial charge >= 0.3 is 0 Å². The molecule has 0 fully saturated rings. The van der Waals surface area contributed by atoms with Crippen LogP contribution in [0, 0.1) is 5.82 Å². The number of hydrogen-bond acceptors (Lipinski definition) is 5. The molecule has 3 aromatic carbocycles. The van der Waals surface area contributed by atoms with E-state index in [1.807, 2.05) is 36.4 Å². The van der Waals surface area contributed by atoms with Crippen molar-refractivity contribution in [1.82, 2.24) is 10.5 Å². The molecule has 0 aliphatic rings. The molecule has 0 saturated heterocycles.